The lowest BCUT2D eigenvalue weighted by Crippen LogP contribution is -2.08. The third kappa shape index (κ3) is 4.21. The van der Waals surface area contributed by atoms with Crippen molar-refractivity contribution in [3.05, 3.63) is 22.2 Å². The normalized spacial score (nSPS) is 10.7. The van der Waals surface area contributed by atoms with E-state index in [1.807, 2.05) is 19.9 Å². The molecule has 0 saturated heterocycles. The lowest BCUT2D eigenvalue weighted by atomic mass is 10.1. The van der Waals surface area contributed by atoms with E-state index < -0.39 is 0 Å². The Labute approximate surface area is 111 Å². The van der Waals surface area contributed by atoms with Gasteiger partial charge in [0.05, 0.1) is 17.7 Å². The first-order valence-corrected chi connectivity index (χ1v) is 6.61. The number of ether oxygens (including phenoxy) is 2. The van der Waals surface area contributed by atoms with Crippen LogP contribution in [-0.4, -0.2) is 19.8 Å². The van der Waals surface area contributed by atoms with Crippen LogP contribution >= 0.6 is 15.9 Å². The van der Waals surface area contributed by atoms with Crippen molar-refractivity contribution in [2.75, 3.05) is 13.7 Å². The van der Waals surface area contributed by atoms with Gasteiger partial charge >= 0.3 is 0 Å². The fraction of sp³-hybridized carbons (Fsp3) is 0.538. The van der Waals surface area contributed by atoms with E-state index in [1.54, 1.807) is 7.11 Å². The van der Waals surface area contributed by atoms with Crippen molar-refractivity contribution in [1.29, 1.82) is 0 Å². The van der Waals surface area contributed by atoms with Crippen LogP contribution in [0.4, 0.5) is 0 Å². The van der Waals surface area contributed by atoms with Gasteiger partial charge in [0, 0.05) is 0 Å². The smallest absolute Gasteiger partial charge is 0.175 e. The zero-order chi connectivity index (χ0) is 12.8. The highest BCUT2D eigenvalue weighted by atomic mass is 79.9. The average molecular weight is 302 g/mol. The summed E-state index contributed by atoms with van der Waals surface area (Å²) in [5.41, 5.74) is 6.72. The zero-order valence-electron chi connectivity index (χ0n) is 10.6. The van der Waals surface area contributed by atoms with Crippen LogP contribution in [0.3, 0.4) is 0 Å². The molecule has 3 nitrogen and oxygen atoms in total. The van der Waals surface area contributed by atoms with E-state index in [9.17, 15) is 0 Å². The Hall–Kier alpha value is -0.740. The van der Waals surface area contributed by atoms with Crippen LogP contribution in [0.2, 0.25) is 0 Å². The number of benzene rings is 1. The Kier molecular flexibility index (Phi) is 5.78. The molecule has 96 valence electrons. The van der Waals surface area contributed by atoms with E-state index in [0.717, 1.165) is 28.8 Å². The molecular weight excluding hydrogens is 282 g/mol. The Balaban J connectivity index is 2.98. The van der Waals surface area contributed by atoms with Crippen LogP contribution < -0.4 is 15.2 Å². The molecule has 0 aromatic heterocycles. The van der Waals surface area contributed by atoms with E-state index in [0.29, 0.717) is 6.54 Å². The van der Waals surface area contributed by atoms with Crippen LogP contribution in [0.1, 0.15) is 25.8 Å². The topological polar surface area (TPSA) is 44.5 Å². The summed E-state index contributed by atoms with van der Waals surface area (Å²) in [6, 6.07) is 4.08. The SMILES string of the molecule is COc1cc(CCCN)cc(Br)c1OC(C)C. The molecule has 0 saturated carbocycles. The second-order valence-corrected chi connectivity index (χ2v) is 5.02. The lowest BCUT2D eigenvalue weighted by Gasteiger charge is -2.16. The number of hydrogen-bond acceptors (Lipinski definition) is 3. The van der Waals surface area contributed by atoms with E-state index in [-0.39, 0.29) is 6.10 Å². The number of aryl methyl sites for hydroxylation is 1. The van der Waals surface area contributed by atoms with Gasteiger partial charge in [-0.1, -0.05) is 0 Å². The van der Waals surface area contributed by atoms with Gasteiger partial charge in [-0.05, 0) is 66.9 Å². The molecule has 1 rings (SSSR count). The van der Waals surface area contributed by atoms with Crippen LogP contribution in [0.15, 0.2) is 16.6 Å². The molecule has 0 aliphatic rings. The number of methoxy groups -OCH3 is 1. The molecule has 0 amide bonds. The molecule has 1 aromatic rings. The third-order valence-corrected chi connectivity index (χ3v) is 2.90. The van der Waals surface area contributed by atoms with Crippen LogP contribution in [0.25, 0.3) is 0 Å². The van der Waals surface area contributed by atoms with Gasteiger partial charge < -0.3 is 15.2 Å². The summed E-state index contributed by atoms with van der Waals surface area (Å²) < 4.78 is 12.0. The van der Waals surface area contributed by atoms with Crippen molar-refractivity contribution in [2.24, 2.45) is 5.73 Å². The fourth-order valence-electron chi connectivity index (χ4n) is 1.57. The van der Waals surface area contributed by atoms with Gasteiger partial charge in [-0.25, -0.2) is 0 Å². The molecular formula is C13H20BrNO2. The number of halogens is 1. The summed E-state index contributed by atoms with van der Waals surface area (Å²) in [5.74, 6) is 1.53. The maximum atomic E-state index is 5.73. The lowest BCUT2D eigenvalue weighted by molar-refractivity contribution is 0.228. The highest BCUT2D eigenvalue weighted by Crippen LogP contribution is 2.37. The van der Waals surface area contributed by atoms with Crippen LogP contribution in [0, 0.1) is 0 Å². The minimum atomic E-state index is 0.120. The van der Waals surface area contributed by atoms with Gasteiger partial charge in [0.25, 0.3) is 0 Å². The molecule has 0 atom stereocenters. The minimum absolute atomic E-state index is 0.120. The minimum Gasteiger partial charge on any atom is -0.493 e. The molecule has 1 aromatic carbocycles. The number of nitrogens with two attached hydrogens (primary N) is 1. The number of hydrogen-bond donors (Lipinski definition) is 1. The molecule has 17 heavy (non-hydrogen) atoms. The summed E-state index contributed by atoms with van der Waals surface area (Å²) in [7, 11) is 1.65. The first-order chi connectivity index (χ1) is 8.08. The highest BCUT2D eigenvalue weighted by Gasteiger charge is 2.12. The summed E-state index contributed by atoms with van der Waals surface area (Å²) in [6.45, 7) is 4.69. The zero-order valence-corrected chi connectivity index (χ0v) is 12.2. The molecule has 0 spiro atoms. The van der Waals surface area contributed by atoms with Crippen molar-refractivity contribution < 1.29 is 9.47 Å². The van der Waals surface area contributed by atoms with Crippen molar-refractivity contribution in [3.8, 4) is 11.5 Å². The Morgan fingerprint density at radius 2 is 2.06 bits per heavy atom. The predicted octanol–water partition coefficient (Wildman–Crippen LogP) is 3.14. The van der Waals surface area contributed by atoms with Crippen LogP contribution in [0.5, 0.6) is 11.5 Å². The second-order valence-electron chi connectivity index (χ2n) is 4.17. The highest BCUT2D eigenvalue weighted by molar-refractivity contribution is 9.10. The quantitative estimate of drug-likeness (QED) is 0.878. The summed E-state index contributed by atoms with van der Waals surface area (Å²) in [4.78, 5) is 0. The number of rotatable bonds is 6. The van der Waals surface area contributed by atoms with Crippen molar-refractivity contribution in [3.63, 3.8) is 0 Å². The maximum absolute atomic E-state index is 5.73. The molecule has 0 fully saturated rings. The summed E-state index contributed by atoms with van der Waals surface area (Å²) >= 11 is 3.52. The molecule has 0 heterocycles. The van der Waals surface area contributed by atoms with Crippen molar-refractivity contribution >= 4 is 15.9 Å². The van der Waals surface area contributed by atoms with Gasteiger partial charge in [-0.2, -0.15) is 0 Å². The second kappa shape index (κ2) is 6.87. The van der Waals surface area contributed by atoms with Crippen molar-refractivity contribution in [2.45, 2.75) is 32.8 Å². The molecule has 0 radical (unpaired) electrons. The monoisotopic (exact) mass is 301 g/mol. The predicted molar refractivity (Wildman–Crippen MR) is 73.8 cm³/mol. The Morgan fingerprint density at radius 1 is 1.35 bits per heavy atom. The van der Waals surface area contributed by atoms with E-state index >= 15 is 0 Å². The van der Waals surface area contributed by atoms with E-state index in [4.69, 9.17) is 15.2 Å². The van der Waals surface area contributed by atoms with Gasteiger partial charge in [-0.3, -0.25) is 0 Å². The standard InChI is InChI=1S/C13H20BrNO2/c1-9(2)17-13-11(14)7-10(5-4-6-15)8-12(13)16-3/h7-9H,4-6,15H2,1-3H3. The molecule has 0 aliphatic carbocycles. The Morgan fingerprint density at radius 3 is 2.59 bits per heavy atom. The summed E-state index contributed by atoms with van der Waals surface area (Å²) in [6.07, 6.45) is 2.04. The van der Waals surface area contributed by atoms with Crippen LogP contribution in [-0.2, 0) is 6.42 Å². The van der Waals surface area contributed by atoms with Gasteiger partial charge in [0.1, 0.15) is 0 Å². The van der Waals surface area contributed by atoms with Gasteiger partial charge in [-0.15, -0.1) is 0 Å². The van der Waals surface area contributed by atoms with Gasteiger partial charge in [0.2, 0.25) is 0 Å². The third-order valence-electron chi connectivity index (χ3n) is 2.31. The van der Waals surface area contributed by atoms with E-state index in [1.165, 1.54) is 5.56 Å². The largest absolute Gasteiger partial charge is 0.493 e. The average Bonchev–Trinajstić information content (AvgIpc) is 2.28. The van der Waals surface area contributed by atoms with E-state index in [2.05, 4.69) is 22.0 Å². The molecule has 0 aliphatic heterocycles. The fourth-order valence-corrected chi connectivity index (χ4v) is 2.16. The van der Waals surface area contributed by atoms with Crippen molar-refractivity contribution in [1.82, 2.24) is 0 Å². The molecule has 2 N–H and O–H groups in total. The maximum Gasteiger partial charge on any atom is 0.175 e. The summed E-state index contributed by atoms with van der Waals surface area (Å²) in [5, 5.41) is 0. The molecule has 0 bridgehead atoms. The first kappa shape index (κ1) is 14.3. The van der Waals surface area contributed by atoms with Gasteiger partial charge in [0.15, 0.2) is 11.5 Å². The molecule has 0 unspecified atom stereocenters. The molecule has 4 heteroatoms. The Bertz CT molecular complexity index is 367. The first-order valence-electron chi connectivity index (χ1n) is 5.81.